The Balaban J connectivity index is 1.77. The van der Waals surface area contributed by atoms with E-state index in [0.29, 0.717) is 42.6 Å². The molecule has 0 bridgehead atoms. The monoisotopic (exact) mass is 349 g/mol. The summed E-state index contributed by atoms with van der Waals surface area (Å²) in [5.74, 6) is -0.0473. The van der Waals surface area contributed by atoms with Crippen LogP contribution in [0.4, 0.5) is 4.79 Å². The number of urea groups is 1. The van der Waals surface area contributed by atoms with Crippen molar-refractivity contribution in [3.63, 3.8) is 0 Å². The minimum atomic E-state index is -0.449. The molecule has 3 rings (SSSR count). The minimum absolute atomic E-state index is 0.0473. The Morgan fingerprint density at radius 3 is 2.75 bits per heavy atom. The van der Waals surface area contributed by atoms with Gasteiger partial charge in [-0.15, -0.1) is 0 Å². The molecule has 0 aromatic heterocycles. The predicted molar refractivity (Wildman–Crippen MR) is 90.6 cm³/mol. The third-order valence-electron chi connectivity index (χ3n) is 4.14. The second-order valence-electron chi connectivity index (χ2n) is 5.75. The van der Waals surface area contributed by atoms with Gasteiger partial charge in [-0.1, -0.05) is 23.7 Å². The molecule has 6 nitrogen and oxygen atoms in total. The predicted octanol–water partition coefficient (Wildman–Crippen LogP) is 2.22. The summed E-state index contributed by atoms with van der Waals surface area (Å²) >= 11 is 5.93. The quantitative estimate of drug-likeness (QED) is 0.774. The van der Waals surface area contributed by atoms with E-state index in [-0.39, 0.29) is 11.9 Å². The Morgan fingerprint density at radius 1 is 1.29 bits per heavy atom. The lowest BCUT2D eigenvalue weighted by atomic mass is 9.96. The number of halogens is 1. The highest BCUT2D eigenvalue weighted by Gasteiger charge is 2.39. The summed E-state index contributed by atoms with van der Waals surface area (Å²) in [6.45, 7) is 4.27. The first kappa shape index (κ1) is 16.8. The van der Waals surface area contributed by atoms with E-state index in [1.54, 1.807) is 17.0 Å². The average Bonchev–Trinajstić information content (AvgIpc) is 2.87. The zero-order valence-corrected chi connectivity index (χ0v) is 14.2. The van der Waals surface area contributed by atoms with E-state index in [1.165, 1.54) is 0 Å². The Hall–Kier alpha value is -2.05. The molecule has 0 spiro atoms. The highest BCUT2D eigenvalue weighted by atomic mass is 35.5. The summed E-state index contributed by atoms with van der Waals surface area (Å²) in [7, 11) is 0. The van der Waals surface area contributed by atoms with Gasteiger partial charge in [0.2, 0.25) is 0 Å². The molecular weight excluding hydrogens is 330 g/mol. The van der Waals surface area contributed by atoms with Crippen LogP contribution in [0.2, 0.25) is 5.02 Å². The SMILES string of the molecule is CCOCCCN1CC2=C(C1=O)[C@@H](c1ccc(Cl)cc1)NC(=O)N2. The van der Waals surface area contributed by atoms with E-state index < -0.39 is 6.04 Å². The number of amides is 3. The molecule has 1 aromatic carbocycles. The minimum Gasteiger partial charge on any atom is -0.382 e. The number of nitrogens with one attached hydrogen (secondary N) is 2. The summed E-state index contributed by atoms with van der Waals surface area (Å²) < 4.78 is 5.32. The van der Waals surface area contributed by atoms with Crippen LogP contribution in [0.25, 0.3) is 0 Å². The summed E-state index contributed by atoms with van der Waals surface area (Å²) in [6, 6.07) is 6.42. The second-order valence-corrected chi connectivity index (χ2v) is 6.19. The first-order valence-electron chi connectivity index (χ1n) is 8.03. The van der Waals surface area contributed by atoms with Crippen molar-refractivity contribution in [3.05, 3.63) is 46.1 Å². The summed E-state index contributed by atoms with van der Waals surface area (Å²) in [5.41, 5.74) is 2.12. The molecule has 7 heteroatoms. The van der Waals surface area contributed by atoms with Crippen LogP contribution in [0.15, 0.2) is 35.5 Å². The van der Waals surface area contributed by atoms with Crippen molar-refractivity contribution in [2.24, 2.45) is 0 Å². The number of benzene rings is 1. The summed E-state index contributed by atoms with van der Waals surface area (Å²) in [4.78, 5) is 26.5. The van der Waals surface area contributed by atoms with Crippen LogP contribution in [-0.2, 0) is 9.53 Å². The normalized spacial score (nSPS) is 20.1. The summed E-state index contributed by atoms with van der Waals surface area (Å²) in [6.07, 6.45) is 0.771. The van der Waals surface area contributed by atoms with Crippen LogP contribution in [0.1, 0.15) is 24.9 Å². The lowest BCUT2D eigenvalue weighted by Gasteiger charge is -2.25. The molecule has 2 N–H and O–H groups in total. The number of carbonyl (C=O) groups is 2. The molecule has 2 aliphatic heterocycles. The molecular formula is C17H20ClN3O3. The van der Waals surface area contributed by atoms with Crippen LogP contribution in [-0.4, -0.2) is 43.1 Å². The molecule has 0 saturated carbocycles. The number of rotatable bonds is 6. The molecule has 0 saturated heterocycles. The highest BCUT2D eigenvalue weighted by Crippen LogP contribution is 2.32. The fourth-order valence-corrected chi connectivity index (χ4v) is 3.14. The number of nitrogens with zero attached hydrogens (tertiary/aromatic N) is 1. The zero-order chi connectivity index (χ0) is 17.1. The van der Waals surface area contributed by atoms with E-state index in [0.717, 1.165) is 12.0 Å². The Kier molecular flexibility index (Phi) is 5.06. The van der Waals surface area contributed by atoms with Gasteiger partial charge in [0, 0.05) is 24.8 Å². The molecule has 128 valence electrons. The number of hydrogen-bond acceptors (Lipinski definition) is 3. The zero-order valence-electron chi connectivity index (χ0n) is 13.5. The van der Waals surface area contributed by atoms with Gasteiger partial charge in [-0.3, -0.25) is 4.79 Å². The van der Waals surface area contributed by atoms with Gasteiger partial charge in [-0.2, -0.15) is 0 Å². The molecule has 24 heavy (non-hydrogen) atoms. The van der Waals surface area contributed by atoms with Gasteiger partial charge >= 0.3 is 6.03 Å². The van der Waals surface area contributed by atoms with Gasteiger partial charge in [0.25, 0.3) is 5.91 Å². The topological polar surface area (TPSA) is 70.7 Å². The van der Waals surface area contributed by atoms with Crippen LogP contribution < -0.4 is 10.6 Å². The Morgan fingerprint density at radius 2 is 2.04 bits per heavy atom. The van der Waals surface area contributed by atoms with Gasteiger partial charge in [-0.25, -0.2) is 4.79 Å². The van der Waals surface area contributed by atoms with E-state index in [1.807, 2.05) is 19.1 Å². The lowest BCUT2D eigenvalue weighted by Crippen LogP contribution is -2.44. The molecule has 1 aromatic rings. The maximum absolute atomic E-state index is 12.8. The molecule has 0 fully saturated rings. The van der Waals surface area contributed by atoms with E-state index >= 15 is 0 Å². The number of carbonyl (C=O) groups excluding carboxylic acids is 2. The molecule has 0 aliphatic carbocycles. The maximum Gasteiger partial charge on any atom is 0.319 e. The smallest absolute Gasteiger partial charge is 0.319 e. The standard InChI is InChI=1S/C17H20ClN3O3/c1-2-24-9-3-8-21-10-13-14(16(21)22)15(20-17(23)19-13)11-4-6-12(18)7-5-11/h4-7,15H,2-3,8-10H2,1H3,(H2,19,20,23)/t15-/m1/s1. The molecule has 2 heterocycles. The van der Waals surface area contributed by atoms with Gasteiger partial charge in [0.1, 0.15) is 0 Å². The Labute approximate surface area is 145 Å². The first-order chi connectivity index (χ1) is 11.6. The number of hydrogen-bond donors (Lipinski definition) is 2. The molecule has 0 unspecified atom stereocenters. The van der Waals surface area contributed by atoms with Crippen LogP contribution in [0, 0.1) is 0 Å². The van der Waals surface area contributed by atoms with Gasteiger partial charge < -0.3 is 20.3 Å². The van der Waals surface area contributed by atoms with E-state index in [4.69, 9.17) is 16.3 Å². The van der Waals surface area contributed by atoms with E-state index in [2.05, 4.69) is 10.6 Å². The third kappa shape index (κ3) is 3.39. The lowest BCUT2D eigenvalue weighted by molar-refractivity contribution is -0.126. The van der Waals surface area contributed by atoms with Gasteiger partial charge in [0.05, 0.1) is 23.9 Å². The van der Waals surface area contributed by atoms with Crippen LogP contribution in [0.3, 0.4) is 0 Å². The second kappa shape index (κ2) is 7.23. The summed E-state index contributed by atoms with van der Waals surface area (Å²) in [5, 5.41) is 6.20. The van der Waals surface area contributed by atoms with Crippen molar-refractivity contribution >= 4 is 23.5 Å². The molecule has 2 aliphatic rings. The van der Waals surface area contributed by atoms with Crippen molar-refractivity contribution in [3.8, 4) is 0 Å². The fourth-order valence-electron chi connectivity index (χ4n) is 3.02. The van der Waals surface area contributed by atoms with Gasteiger partial charge in [-0.05, 0) is 31.0 Å². The Bertz CT molecular complexity index is 672. The first-order valence-corrected chi connectivity index (χ1v) is 8.41. The van der Waals surface area contributed by atoms with Crippen molar-refractivity contribution in [2.45, 2.75) is 19.4 Å². The van der Waals surface area contributed by atoms with E-state index in [9.17, 15) is 9.59 Å². The van der Waals surface area contributed by atoms with Crippen molar-refractivity contribution in [1.82, 2.24) is 15.5 Å². The van der Waals surface area contributed by atoms with Crippen molar-refractivity contribution in [2.75, 3.05) is 26.3 Å². The third-order valence-corrected chi connectivity index (χ3v) is 4.40. The molecule has 0 radical (unpaired) electrons. The average molecular weight is 350 g/mol. The molecule has 1 atom stereocenters. The fraction of sp³-hybridized carbons (Fsp3) is 0.412. The maximum atomic E-state index is 12.8. The largest absolute Gasteiger partial charge is 0.382 e. The van der Waals surface area contributed by atoms with Crippen molar-refractivity contribution in [1.29, 1.82) is 0 Å². The van der Waals surface area contributed by atoms with Crippen molar-refractivity contribution < 1.29 is 14.3 Å². The van der Waals surface area contributed by atoms with Crippen LogP contribution >= 0.6 is 11.6 Å². The van der Waals surface area contributed by atoms with Gasteiger partial charge in [0.15, 0.2) is 0 Å². The highest BCUT2D eigenvalue weighted by molar-refractivity contribution is 6.30. The van der Waals surface area contributed by atoms with Crippen LogP contribution in [0.5, 0.6) is 0 Å². The molecule has 3 amide bonds. The number of ether oxygens (including phenoxy) is 1.